The van der Waals surface area contributed by atoms with Crippen molar-refractivity contribution in [1.82, 2.24) is 5.32 Å². The van der Waals surface area contributed by atoms with Crippen molar-refractivity contribution in [2.24, 2.45) is 0 Å². The van der Waals surface area contributed by atoms with Gasteiger partial charge in [0.25, 0.3) is 0 Å². The minimum Gasteiger partial charge on any atom is -0.388 e. The molecule has 0 aromatic heterocycles. The van der Waals surface area contributed by atoms with Crippen molar-refractivity contribution < 1.29 is 29.5 Å². The molecule has 4 nitrogen and oxygen atoms in total. The van der Waals surface area contributed by atoms with E-state index in [9.17, 15) is 28.2 Å². The molecule has 0 aliphatic carbocycles. The Hall–Kier alpha value is -2.04. The summed E-state index contributed by atoms with van der Waals surface area (Å²) in [7, 11) is 0. The maximum atomic E-state index is 12.2. The van der Waals surface area contributed by atoms with Crippen LogP contribution in [0.2, 0.25) is 0 Å². The summed E-state index contributed by atoms with van der Waals surface area (Å²) in [6.07, 6.45) is -5.06. The molecule has 0 heterocycles. The molecule has 0 aliphatic heterocycles. The standard InChI is InChI=1S/C20H26F3NO3/c1-3-10-19(27,11-4-2)12-8-15-6-5-7-16(14-15)17(25)9-13-24-18(26)20(21,22)23/h5-7,14,17,25,27H,3-4,9-11,13H2,1-2H3,(H,24,26)/i17D. The van der Waals surface area contributed by atoms with Crippen LogP contribution in [0.4, 0.5) is 13.2 Å². The van der Waals surface area contributed by atoms with Crippen LogP contribution in [0.5, 0.6) is 0 Å². The molecular weight excluding hydrogens is 359 g/mol. The predicted molar refractivity (Wildman–Crippen MR) is 96.7 cm³/mol. The van der Waals surface area contributed by atoms with E-state index in [0.29, 0.717) is 18.4 Å². The normalized spacial score (nSPS) is 14.6. The molecule has 0 radical (unpaired) electrons. The van der Waals surface area contributed by atoms with E-state index >= 15 is 0 Å². The van der Waals surface area contributed by atoms with E-state index in [0.717, 1.165) is 12.8 Å². The number of amides is 1. The largest absolute Gasteiger partial charge is 0.471 e. The zero-order chi connectivity index (χ0) is 21.4. The van der Waals surface area contributed by atoms with Gasteiger partial charge in [0.15, 0.2) is 0 Å². The van der Waals surface area contributed by atoms with Gasteiger partial charge >= 0.3 is 12.1 Å². The van der Waals surface area contributed by atoms with Gasteiger partial charge in [-0.15, -0.1) is 0 Å². The van der Waals surface area contributed by atoms with Gasteiger partial charge in [0.05, 0.1) is 7.45 Å². The van der Waals surface area contributed by atoms with Crippen LogP contribution in [0.25, 0.3) is 0 Å². The zero-order valence-corrected chi connectivity index (χ0v) is 15.5. The van der Waals surface area contributed by atoms with Gasteiger partial charge in [-0.05, 0) is 37.0 Å². The highest BCUT2D eigenvalue weighted by atomic mass is 19.4. The second-order valence-electron chi connectivity index (χ2n) is 6.31. The summed E-state index contributed by atoms with van der Waals surface area (Å²) in [5.74, 6) is 3.58. The van der Waals surface area contributed by atoms with Crippen molar-refractivity contribution in [2.45, 2.75) is 63.8 Å². The molecule has 1 rings (SSSR count). The van der Waals surface area contributed by atoms with E-state index in [1.807, 2.05) is 13.8 Å². The van der Waals surface area contributed by atoms with Crippen LogP contribution in [0.3, 0.4) is 0 Å². The van der Waals surface area contributed by atoms with Crippen molar-refractivity contribution in [2.75, 3.05) is 6.54 Å². The molecule has 150 valence electrons. The lowest BCUT2D eigenvalue weighted by atomic mass is 9.93. The van der Waals surface area contributed by atoms with Crippen LogP contribution >= 0.6 is 0 Å². The Labute approximate surface area is 159 Å². The fraction of sp³-hybridized carbons (Fsp3) is 0.550. The molecule has 7 heteroatoms. The molecule has 27 heavy (non-hydrogen) atoms. The van der Waals surface area contributed by atoms with Gasteiger partial charge in [-0.1, -0.05) is 50.7 Å². The minimum absolute atomic E-state index is 0.134. The van der Waals surface area contributed by atoms with Crippen LogP contribution in [-0.4, -0.2) is 34.4 Å². The van der Waals surface area contributed by atoms with Gasteiger partial charge in [0, 0.05) is 12.1 Å². The second-order valence-corrected chi connectivity index (χ2v) is 6.31. The Balaban J connectivity index is 2.89. The number of carbonyl (C=O) groups is 1. The monoisotopic (exact) mass is 386 g/mol. The third kappa shape index (κ3) is 8.02. The Bertz CT molecular complexity index is 717. The Morgan fingerprint density at radius 2 is 1.93 bits per heavy atom. The number of hydrogen-bond donors (Lipinski definition) is 3. The summed E-state index contributed by atoms with van der Waals surface area (Å²) in [6, 6.07) is 6.11. The Morgan fingerprint density at radius 1 is 1.30 bits per heavy atom. The van der Waals surface area contributed by atoms with E-state index in [-0.39, 0.29) is 5.56 Å². The molecule has 1 atom stereocenters. The van der Waals surface area contributed by atoms with E-state index < -0.39 is 36.7 Å². The number of alkyl halides is 3. The SMILES string of the molecule is [2H]C(O)(CCNC(=O)C(F)(F)F)c1cccc(C#CC(O)(CCC)CCC)c1. The van der Waals surface area contributed by atoms with Crippen molar-refractivity contribution in [1.29, 1.82) is 0 Å². The molecule has 1 aromatic rings. The topological polar surface area (TPSA) is 69.6 Å². The average molecular weight is 386 g/mol. The minimum atomic E-state index is -5.01. The van der Waals surface area contributed by atoms with Gasteiger partial charge in [-0.25, -0.2) is 0 Å². The summed E-state index contributed by atoms with van der Waals surface area (Å²) in [5, 5.41) is 22.4. The van der Waals surface area contributed by atoms with Crippen molar-refractivity contribution in [3.8, 4) is 11.8 Å². The predicted octanol–water partition coefficient (Wildman–Crippen LogP) is 3.47. The maximum Gasteiger partial charge on any atom is 0.471 e. The van der Waals surface area contributed by atoms with E-state index in [1.165, 1.54) is 12.1 Å². The summed E-state index contributed by atoms with van der Waals surface area (Å²) in [5.41, 5.74) is -0.512. The average Bonchev–Trinajstić information content (AvgIpc) is 2.60. The molecule has 0 saturated carbocycles. The lowest BCUT2D eigenvalue weighted by molar-refractivity contribution is -0.173. The molecular formula is C20H26F3NO3. The smallest absolute Gasteiger partial charge is 0.388 e. The highest BCUT2D eigenvalue weighted by Gasteiger charge is 2.38. The first-order valence-corrected chi connectivity index (χ1v) is 8.87. The highest BCUT2D eigenvalue weighted by molar-refractivity contribution is 5.81. The van der Waals surface area contributed by atoms with Gasteiger partial charge < -0.3 is 15.5 Å². The molecule has 0 spiro atoms. The third-order valence-electron chi connectivity index (χ3n) is 3.87. The molecule has 1 aromatic carbocycles. The number of benzene rings is 1. The lowest BCUT2D eigenvalue weighted by Crippen LogP contribution is -2.37. The van der Waals surface area contributed by atoms with Crippen molar-refractivity contribution in [3.63, 3.8) is 0 Å². The fourth-order valence-electron chi connectivity index (χ4n) is 2.58. The van der Waals surface area contributed by atoms with Gasteiger partial charge in [0.2, 0.25) is 0 Å². The fourth-order valence-corrected chi connectivity index (χ4v) is 2.58. The molecule has 0 fully saturated rings. The van der Waals surface area contributed by atoms with E-state index in [2.05, 4.69) is 11.8 Å². The molecule has 1 unspecified atom stereocenters. The molecule has 0 bridgehead atoms. The van der Waals surface area contributed by atoms with E-state index in [4.69, 9.17) is 1.37 Å². The molecule has 0 saturated heterocycles. The lowest BCUT2D eigenvalue weighted by Gasteiger charge is -2.20. The van der Waals surface area contributed by atoms with Crippen LogP contribution in [0.15, 0.2) is 24.3 Å². The summed E-state index contributed by atoms with van der Waals surface area (Å²) in [4.78, 5) is 10.8. The number of carbonyl (C=O) groups excluding carboxylic acids is 1. The first-order chi connectivity index (χ1) is 12.9. The number of rotatable bonds is 8. The maximum absolute atomic E-state index is 12.2. The highest BCUT2D eigenvalue weighted by Crippen LogP contribution is 2.20. The van der Waals surface area contributed by atoms with Crippen molar-refractivity contribution >= 4 is 5.91 Å². The number of aliphatic hydroxyl groups is 2. The molecule has 0 aliphatic rings. The molecule has 1 amide bonds. The summed E-state index contributed by atoms with van der Waals surface area (Å²) >= 11 is 0. The van der Waals surface area contributed by atoms with E-state index in [1.54, 1.807) is 17.4 Å². The Morgan fingerprint density at radius 3 is 2.48 bits per heavy atom. The van der Waals surface area contributed by atoms with Gasteiger partial charge in [-0.2, -0.15) is 13.2 Å². The quantitative estimate of drug-likeness (QED) is 0.599. The van der Waals surface area contributed by atoms with Crippen LogP contribution < -0.4 is 5.32 Å². The van der Waals surface area contributed by atoms with Crippen LogP contribution in [0.1, 0.15) is 64.5 Å². The van der Waals surface area contributed by atoms with Gasteiger partial charge in [-0.3, -0.25) is 4.79 Å². The number of nitrogens with one attached hydrogen (secondary N) is 1. The first kappa shape index (κ1) is 21.3. The first-order valence-electron chi connectivity index (χ1n) is 9.37. The van der Waals surface area contributed by atoms with Gasteiger partial charge in [0.1, 0.15) is 5.60 Å². The third-order valence-corrected chi connectivity index (χ3v) is 3.87. The summed E-state index contributed by atoms with van der Waals surface area (Å²) in [6.45, 7) is 3.38. The van der Waals surface area contributed by atoms with Crippen molar-refractivity contribution in [3.05, 3.63) is 35.4 Å². The Kier molecular flexibility index (Phi) is 8.14. The zero-order valence-electron chi connectivity index (χ0n) is 16.5. The van der Waals surface area contributed by atoms with Crippen LogP contribution in [-0.2, 0) is 4.79 Å². The summed E-state index contributed by atoms with van der Waals surface area (Å²) < 4.78 is 44.5. The number of hydrogen-bond acceptors (Lipinski definition) is 3. The second kappa shape index (κ2) is 10.3. The number of halogens is 3. The molecule has 3 N–H and O–H groups in total. The van der Waals surface area contributed by atoms with Crippen LogP contribution in [0, 0.1) is 11.8 Å².